The molecule has 2 aromatic rings. The highest BCUT2D eigenvalue weighted by Gasteiger charge is 2.57. The van der Waals surface area contributed by atoms with Crippen molar-refractivity contribution in [1.29, 1.82) is 0 Å². The molecule has 2 fully saturated rings. The first-order chi connectivity index (χ1) is 9.77. The van der Waals surface area contributed by atoms with Crippen molar-refractivity contribution in [3.63, 3.8) is 0 Å². The van der Waals surface area contributed by atoms with E-state index in [9.17, 15) is 4.79 Å². The average molecular weight is 269 g/mol. The normalized spacial score (nSPS) is 19.6. The number of oxazole rings is 1. The summed E-state index contributed by atoms with van der Waals surface area (Å²) >= 11 is 0. The summed E-state index contributed by atoms with van der Waals surface area (Å²) in [5.74, 6) is 0.668. The van der Waals surface area contributed by atoms with E-state index in [-0.39, 0.29) is 17.3 Å². The van der Waals surface area contributed by atoms with Gasteiger partial charge in [0.15, 0.2) is 5.69 Å². The van der Waals surface area contributed by atoms with Crippen LogP contribution in [0.3, 0.4) is 0 Å². The number of nitrogens with zero attached hydrogens (tertiary/aromatic N) is 1. The molecule has 4 nitrogen and oxygen atoms in total. The van der Waals surface area contributed by atoms with Crippen LogP contribution in [0.5, 0.6) is 0 Å². The van der Waals surface area contributed by atoms with Crippen molar-refractivity contribution in [3.05, 3.63) is 42.3 Å². The minimum atomic E-state index is -0.361. The zero-order valence-electron chi connectivity index (χ0n) is 11.0. The van der Waals surface area contributed by atoms with Gasteiger partial charge in [-0.15, -0.1) is 0 Å². The van der Waals surface area contributed by atoms with Crippen molar-refractivity contribution in [2.24, 2.45) is 5.92 Å². The van der Waals surface area contributed by atoms with Crippen LogP contribution in [0.1, 0.15) is 36.2 Å². The largest absolute Gasteiger partial charge is 0.454 e. The van der Waals surface area contributed by atoms with Gasteiger partial charge in [0.1, 0.15) is 11.9 Å². The summed E-state index contributed by atoms with van der Waals surface area (Å²) in [5.41, 5.74) is 0.939. The second-order valence-electron chi connectivity index (χ2n) is 5.63. The molecule has 0 aliphatic heterocycles. The van der Waals surface area contributed by atoms with E-state index in [0.717, 1.165) is 18.4 Å². The maximum absolute atomic E-state index is 12.1. The van der Waals surface area contributed by atoms with Gasteiger partial charge in [-0.3, -0.25) is 0 Å². The fourth-order valence-electron chi connectivity index (χ4n) is 2.64. The molecule has 0 spiro atoms. The number of aromatic nitrogens is 1. The van der Waals surface area contributed by atoms with E-state index in [0.29, 0.717) is 11.8 Å². The van der Waals surface area contributed by atoms with E-state index in [2.05, 4.69) is 4.98 Å². The fraction of sp³-hybridized carbons (Fsp3) is 0.375. The van der Waals surface area contributed by atoms with E-state index in [1.807, 2.05) is 30.3 Å². The molecule has 2 saturated carbocycles. The van der Waals surface area contributed by atoms with Crippen LogP contribution in [0.15, 0.2) is 41.0 Å². The van der Waals surface area contributed by atoms with Gasteiger partial charge in [0, 0.05) is 5.56 Å². The Bertz CT molecular complexity index is 639. The molecule has 1 aromatic carbocycles. The van der Waals surface area contributed by atoms with Gasteiger partial charge in [0.2, 0.25) is 5.89 Å². The third-order valence-electron chi connectivity index (χ3n) is 4.09. The van der Waals surface area contributed by atoms with Crippen LogP contribution < -0.4 is 0 Å². The van der Waals surface area contributed by atoms with Crippen LogP contribution in [-0.2, 0) is 4.74 Å². The number of hydrogen-bond acceptors (Lipinski definition) is 4. The zero-order valence-corrected chi connectivity index (χ0v) is 11.0. The predicted octanol–water partition coefficient (Wildman–Crippen LogP) is 3.44. The van der Waals surface area contributed by atoms with E-state index < -0.39 is 0 Å². The van der Waals surface area contributed by atoms with Crippen molar-refractivity contribution in [1.82, 2.24) is 4.98 Å². The van der Waals surface area contributed by atoms with Crippen LogP contribution in [0, 0.1) is 5.92 Å². The third kappa shape index (κ3) is 2.01. The molecule has 0 radical (unpaired) electrons. The molecule has 1 aromatic heterocycles. The lowest BCUT2D eigenvalue weighted by Crippen LogP contribution is -2.22. The number of benzene rings is 1. The van der Waals surface area contributed by atoms with Crippen molar-refractivity contribution < 1.29 is 13.9 Å². The first-order valence-corrected chi connectivity index (χ1v) is 7.01. The minimum Gasteiger partial charge on any atom is -0.454 e. The fourth-order valence-corrected chi connectivity index (χ4v) is 2.64. The van der Waals surface area contributed by atoms with Crippen molar-refractivity contribution in [2.45, 2.75) is 31.3 Å². The van der Waals surface area contributed by atoms with Gasteiger partial charge in [-0.1, -0.05) is 18.2 Å². The number of hydrogen-bond donors (Lipinski definition) is 0. The highest BCUT2D eigenvalue weighted by Crippen LogP contribution is 2.56. The molecule has 0 atom stereocenters. The first-order valence-electron chi connectivity index (χ1n) is 7.01. The van der Waals surface area contributed by atoms with Crippen molar-refractivity contribution in [3.8, 4) is 11.5 Å². The predicted molar refractivity (Wildman–Crippen MR) is 72.0 cm³/mol. The smallest absolute Gasteiger partial charge is 0.360 e. The topological polar surface area (TPSA) is 52.3 Å². The Labute approximate surface area is 116 Å². The van der Waals surface area contributed by atoms with E-state index >= 15 is 0 Å². The summed E-state index contributed by atoms with van der Waals surface area (Å²) in [4.78, 5) is 16.4. The summed E-state index contributed by atoms with van der Waals surface area (Å²) in [5, 5.41) is 0. The lowest BCUT2D eigenvalue weighted by atomic mass is 10.2. The lowest BCUT2D eigenvalue weighted by Gasteiger charge is -2.14. The summed E-state index contributed by atoms with van der Waals surface area (Å²) in [6, 6.07) is 9.53. The van der Waals surface area contributed by atoms with Gasteiger partial charge in [0.05, 0.1) is 0 Å². The Morgan fingerprint density at radius 3 is 2.65 bits per heavy atom. The molecule has 0 amide bonds. The molecule has 20 heavy (non-hydrogen) atoms. The van der Waals surface area contributed by atoms with Gasteiger partial charge >= 0.3 is 5.97 Å². The number of carbonyl (C=O) groups excluding carboxylic acids is 1. The van der Waals surface area contributed by atoms with Crippen LogP contribution in [0.2, 0.25) is 0 Å². The Hall–Kier alpha value is -2.10. The molecule has 2 aliphatic rings. The van der Waals surface area contributed by atoms with Crippen LogP contribution in [0.25, 0.3) is 11.5 Å². The maximum Gasteiger partial charge on any atom is 0.360 e. The Balaban J connectivity index is 1.52. The molecule has 0 bridgehead atoms. The summed E-state index contributed by atoms with van der Waals surface area (Å²) in [6.45, 7) is 0. The molecule has 0 N–H and O–H groups in total. The third-order valence-corrected chi connectivity index (χ3v) is 4.09. The molecule has 102 valence electrons. The van der Waals surface area contributed by atoms with Crippen LogP contribution in [-0.4, -0.2) is 16.6 Å². The van der Waals surface area contributed by atoms with Gasteiger partial charge in [0.25, 0.3) is 0 Å². The van der Waals surface area contributed by atoms with E-state index in [1.165, 1.54) is 19.1 Å². The molecular formula is C16H15NO3. The second kappa shape index (κ2) is 4.20. The Morgan fingerprint density at radius 2 is 2.00 bits per heavy atom. The van der Waals surface area contributed by atoms with Gasteiger partial charge < -0.3 is 9.15 Å². The van der Waals surface area contributed by atoms with Crippen molar-refractivity contribution >= 4 is 5.97 Å². The van der Waals surface area contributed by atoms with E-state index in [1.54, 1.807) is 0 Å². The summed E-state index contributed by atoms with van der Waals surface area (Å²) in [6.07, 6.45) is 5.73. The first kappa shape index (κ1) is 11.7. The highest BCUT2D eigenvalue weighted by molar-refractivity contribution is 5.88. The molecule has 4 heteroatoms. The number of rotatable bonds is 4. The molecule has 0 saturated heterocycles. The molecule has 1 heterocycles. The second-order valence-corrected chi connectivity index (χ2v) is 5.63. The van der Waals surface area contributed by atoms with Gasteiger partial charge in [-0.2, -0.15) is 0 Å². The summed E-state index contributed by atoms with van der Waals surface area (Å²) < 4.78 is 11.0. The van der Waals surface area contributed by atoms with Gasteiger partial charge in [-0.25, -0.2) is 9.78 Å². The number of ether oxygens (including phenoxy) is 1. The monoisotopic (exact) mass is 269 g/mol. The van der Waals surface area contributed by atoms with Crippen LogP contribution in [0.4, 0.5) is 0 Å². The van der Waals surface area contributed by atoms with Crippen LogP contribution >= 0.6 is 0 Å². The number of esters is 1. The van der Waals surface area contributed by atoms with Gasteiger partial charge in [-0.05, 0) is 43.7 Å². The maximum atomic E-state index is 12.1. The summed E-state index contributed by atoms with van der Waals surface area (Å²) in [7, 11) is 0. The molecule has 4 rings (SSSR count). The Morgan fingerprint density at radius 1 is 1.25 bits per heavy atom. The quantitative estimate of drug-likeness (QED) is 0.798. The zero-order chi connectivity index (χ0) is 13.6. The molecule has 0 unspecified atom stereocenters. The Kier molecular flexibility index (Phi) is 2.46. The van der Waals surface area contributed by atoms with E-state index in [4.69, 9.17) is 9.15 Å². The average Bonchev–Trinajstić information content (AvgIpc) is 3.39. The number of carbonyl (C=O) groups is 1. The van der Waals surface area contributed by atoms with Crippen molar-refractivity contribution in [2.75, 3.05) is 0 Å². The minimum absolute atomic E-state index is 0.178. The SMILES string of the molecule is O=C(OC1(C2CC2)CC1)c1coc(-c2ccccc2)n1. The lowest BCUT2D eigenvalue weighted by molar-refractivity contribution is 0.0153. The standard InChI is InChI=1S/C16H15NO3/c18-15(20-16(8-9-16)12-6-7-12)13-10-19-14(17-13)11-4-2-1-3-5-11/h1-5,10,12H,6-9H2. The molecule has 2 aliphatic carbocycles. The molecular weight excluding hydrogens is 254 g/mol. The highest BCUT2D eigenvalue weighted by atomic mass is 16.6.